The third kappa shape index (κ3) is 3.60. The van der Waals surface area contributed by atoms with Gasteiger partial charge in [-0.05, 0) is 25.5 Å². The summed E-state index contributed by atoms with van der Waals surface area (Å²) < 4.78 is 0. The molecule has 3 rings (SSSR count). The Bertz CT molecular complexity index is 544. The Morgan fingerprint density at radius 2 is 1.86 bits per heavy atom. The Balaban J connectivity index is 1.75. The lowest BCUT2D eigenvalue weighted by Gasteiger charge is -2.37. The lowest BCUT2D eigenvalue weighted by atomic mass is 10.1. The Hall–Kier alpha value is -1.03. The molecule has 1 heterocycles. The molecule has 2 unspecified atom stereocenters. The SMILES string of the molecule is Cc1ccc(SC2C=CC=CC2N2CCNCC2)c(C)c1. The third-order valence-electron chi connectivity index (χ3n) is 4.22. The summed E-state index contributed by atoms with van der Waals surface area (Å²) in [6, 6.07) is 7.29. The molecule has 21 heavy (non-hydrogen) atoms. The molecule has 0 radical (unpaired) electrons. The molecule has 0 bridgehead atoms. The fourth-order valence-electron chi connectivity index (χ4n) is 3.07. The number of allylic oxidation sites excluding steroid dienone is 2. The van der Waals surface area contributed by atoms with Crippen molar-refractivity contribution in [2.45, 2.75) is 30.0 Å². The summed E-state index contributed by atoms with van der Waals surface area (Å²) in [7, 11) is 0. The predicted octanol–water partition coefficient (Wildman–Crippen LogP) is 3.16. The minimum absolute atomic E-state index is 0.509. The van der Waals surface area contributed by atoms with Crippen LogP contribution in [0.4, 0.5) is 0 Å². The van der Waals surface area contributed by atoms with Crippen molar-refractivity contribution in [3.8, 4) is 0 Å². The van der Waals surface area contributed by atoms with Crippen molar-refractivity contribution < 1.29 is 0 Å². The molecular weight excluding hydrogens is 276 g/mol. The van der Waals surface area contributed by atoms with Gasteiger partial charge in [0.05, 0.1) is 0 Å². The monoisotopic (exact) mass is 300 g/mol. The zero-order chi connectivity index (χ0) is 14.7. The number of hydrogen-bond acceptors (Lipinski definition) is 3. The van der Waals surface area contributed by atoms with Crippen LogP contribution in [0.1, 0.15) is 11.1 Å². The Morgan fingerprint density at radius 3 is 2.62 bits per heavy atom. The molecule has 2 aliphatic rings. The molecule has 2 nitrogen and oxygen atoms in total. The molecule has 0 spiro atoms. The van der Waals surface area contributed by atoms with Crippen LogP contribution in [0.25, 0.3) is 0 Å². The zero-order valence-electron chi connectivity index (χ0n) is 12.9. The van der Waals surface area contributed by atoms with Gasteiger partial charge in [0.1, 0.15) is 0 Å². The van der Waals surface area contributed by atoms with Crippen LogP contribution >= 0.6 is 11.8 Å². The molecule has 1 saturated heterocycles. The van der Waals surface area contributed by atoms with Gasteiger partial charge >= 0.3 is 0 Å². The quantitative estimate of drug-likeness (QED) is 0.923. The van der Waals surface area contributed by atoms with Crippen molar-refractivity contribution in [2.75, 3.05) is 26.2 Å². The lowest BCUT2D eigenvalue weighted by Crippen LogP contribution is -2.51. The van der Waals surface area contributed by atoms with E-state index in [1.165, 1.54) is 16.0 Å². The van der Waals surface area contributed by atoms with E-state index < -0.39 is 0 Å². The highest BCUT2D eigenvalue weighted by molar-refractivity contribution is 8.00. The maximum Gasteiger partial charge on any atom is 0.0469 e. The molecular formula is C18H24N2S. The largest absolute Gasteiger partial charge is 0.314 e. The van der Waals surface area contributed by atoms with Crippen LogP contribution < -0.4 is 5.32 Å². The minimum Gasteiger partial charge on any atom is -0.314 e. The van der Waals surface area contributed by atoms with Gasteiger partial charge in [0, 0.05) is 42.4 Å². The Kier molecular flexibility index (Phi) is 4.84. The zero-order valence-corrected chi connectivity index (χ0v) is 13.7. The number of aryl methyl sites for hydroxylation is 2. The molecule has 0 saturated carbocycles. The van der Waals surface area contributed by atoms with Gasteiger partial charge in [-0.1, -0.05) is 42.0 Å². The number of thioether (sulfide) groups is 1. The molecule has 2 atom stereocenters. The lowest BCUT2D eigenvalue weighted by molar-refractivity contribution is 0.205. The van der Waals surface area contributed by atoms with Crippen LogP contribution in [0.15, 0.2) is 47.4 Å². The van der Waals surface area contributed by atoms with E-state index in [0.29, 0.717) is 11.3 Å². The van der Waals surface area contributed by atoms with Gasteiger partial charge in [-0.15, -0.1) is 11.8 Å². The molecule has 1 fully saturated rings. The summed E-state index contributed by atoms with van der Waals surface area (Å²) in [6.07, 6.45) is 9.12. The van der Waals surface area contributed by atoms with E-state index in [4.69, 9.17) is 0 Å². The normalized spacial score (nSPS) is 26.2. The van der Waals surface area contributed by atoms with Gasteiger partial charge in [0.15, 0.2) is 0 Å². The van der Waals surface area contributed by atoms with Crippen molar-refractivity contribution in [3.05, 3.63) is 53.6 Å². The highest BCUT2D eigenvalue weighted by Gasteiger charge is 2.27. The summed E-state index contributed by atoms with van der Waals surface area (Å²) in [4.78, 5) is 4.02. The van der Waals surface area contributed by atoms with Gasteiger partial charge in [0.25, 0.3) is 0 Å². The molecule has 1 aliphatic heterocycles. The molecule has 1 aromatic carbocycles. The summed E-state index contributed by atoms with van der Waals surface area (Å²) >= 11 is 2.00. The average Bonchev–Trinajstić information content (AvgIpc) is 2.51. The van der Waals surface area contributed by atoms with Crippen LogP contribution in [0.3, 0.4) is 0 Å². The molecule has 0 aromatic heterocycles. The number of piperazine rings is 1. The van der Waals surface area contributed by atoms with Crippen molar-refractivity contribution in [1.82, 2.24) is 10.2 Å². The molecule has 1 aliphatic carbocycles. The van der Waals surface area contributed by atoms with Gasteiger partial charge in [0.2, 0.25) is 0 Å². The second-order valence-corrected chi connectivity index (χ2v) is 7.12. The number of nitrogens with zero attached hydrogens (tertiary/aromatic N) is 1. The van der Waals surface area contributed by atoms with Crippen molar-refractivity contribution in [2.24, 2.45) is 0 Å². The first-order valence-electron chi connectivity index (χ1n) is 7.78. The Morgan fingerprint density at radius 1 is 1.10 bits per heavy atom. The fraction of sp³-hybridized carbons (Fsp3) is 0.444. The first-order valence-corrected chi connectivity index (χ1v) is 8.66. The number of benzene rings is 1. The smallest absolute Gasteiger partial charge is 0.0469 e. The van der Waals surface area contributed by atoms with Gasteiger partial charge < -0.3 is 5.32 Å². The van der Waals surface area contributed by atoms with E-state index in [1.807, 2.05) is 11.8 Å². The Labute approximate surface area is 132 Å². The molecule has 3 heteroatoms. The van der Waals surface area contributed by atoms with Crippen LogP contribution in [-0.4, -0.2) is 42.4 Å². The number of hydrogen-bond donors (Lipinski definition) is 1. The van der Waals surface area contributed by atoms with E-state index >= 15 is 0 Å². The van der Waals surface area contributed by atoms with Crippen molar-refractivity contribution in [3.63, 3.8) is 0 Å². The predicted molar refractivity (Wildman–Crippen MR) is 92.1 cm³/mol. The summed E-state index contributed by atoms with van der Waals surface area (Å²) in [5, 5.41) is 3.95. The molecule has 0 amide bonds. The van der Waals surface area contributed by atoms with Crippen LogP contribution in [0.2, 0.25) is 0 Å². The maximum atomic E-state index is 3.44. The number of rotatable bonds is 3. The van der Waals surface area contributed by atoms with E-state index in [9.17, 15) is 0 Å². The van der Waals surface area contributed by atoms with Crippen LogP contribution in [0, 0.1) is 13.8 Å². The van der Waals surface area contributed by atoms with E-state index in [2.05, 4.69) is 66.6 Å². The van der Waals surface area contributed by atoms with Crippen LogP contribution in [-0.2, 0) is 0 Å². The topological polar surface area (TPSA) is 15.3 Å². The first-order chi connectivity index (χ1) is 10.2. The van der Waals surface area contributed by atoms with Gasteiger partial charge in [-0.3, -0.25) is 4.90 Å². The standard InChI is InChI=1S/C18H24N2S/c1-14-7-8-17(15(2)13-14)21-18-6-4-3-5-16(18)20-11-9-19-10-12-20/h3-8,13,16,18-19H,9-12H2,1-2H3. The maximum absolute atomic E-state index is 3.44. The fourth-order valence-corrected chi connectivity index (χ4v) is 4.33. The highest BCUT2D eigenvalue weighted by atomic mass is 32.2. The van der Waals surface area contributed by atoms with E-state index in [1.54, 1.807) is 0 Å². The van der Waals surface area contributed by atoms with Gasteiger partial charge in [-0.25, -0.2) is 0 Å². The summed E-state index contributed by atoms with van der Waals surface area (Å²) in [5.41, 5.74) is 2.73. The van der Waals surface area contributed by atoms with Crippen molar-refractivity contribution in [1.29, 1.82) is 0 Å². The van der Waals surface area contributed by atoms with E-state index in [0.717, 1.165) is 26.2 Å². The van der Waals surface area contributed by atoms with Crippen molar-refractivity contribution >= 4 is 11.8 Å². The third-order valence-corrected chi connectivity index (χ3v) is 5.64. The molecule has 1 aromatic rings. The summed E-state index contributed by atoms with van der Waals surface area (Å²) in [6.45, 7) is 8.88. The number of nitrogens with one attached hydrogen (secondary N) is 1. The second-order valence-electron chi connectivity index (χ2n) is 5.90. The first kappa shape index (κ1) is 14.9. The second kappa shape index (κ2) is 6.82. The summed E-state index contributed by atoms with van der Waals surface area (Å²) in [5.74, 6) is 0. The molecule has 1 N–H and O–H groups in total. The highest BCUT2D eigenvalue weighted by Crippen LogP contribution is 2.33. The minimum atomic E-state index is 0.509. The average molecular weight is 300 g/mol. The molecule has 112 valence electrons. The van der Waals surface area contributed by atoms with E-state index in [-0.39, 0.29) is 0 Å². The van der Waals surface area contributed by atoms with Gasteiger partial charge in [-0.2, -0.15) is 0 Å². The van der Waals surface area contributed by atoms with Crippen LogP contribution in [0.5, 0.6) is 0 Å².